The van der Waals surface area contributed by atoms with Crippen LogP contribution in [0.5, 0.6) is 11.5 Å². The van der Waals surface area contributed by atoms with E-state index < -0.39 is 0 Å². The molecule has 0 N–H and O–H groups in total. The van der Waals surface area contributed by atoms with Crippen LogP contribution >= 0.6 is 0 Å². The van der Waals surface area contributed by atoms with Gasteiger partial charge in [0, 0.05) is 17.0 Å². The Kier molecular flexibility index (Phi) is 3.12. The smallest absolute Gasteiger partial charge is 0.161 e. The second-order valence-corrected chi connectivity index (χ2v) is 5.15. The van der Waals surface area contributed by atoms with Crippen molar-refractivity contribution in [3.63, 3.8) is 0 Å². The quantitative estimate of drug-likeness (QED) is 0.580. The van der Waals surface area contributed by atoms with Gasteiger partial charge in [0.25, 0.3) is 0 Å². The molecule has 0 bridgehead atoms. The third-order valence-electron chi connectivity index (χ3n) is 3.89. The van der Waals surface area contributed by atoms with Crippen molar-refractivity contribution in [1.82, 2.24) is 14.6 Å². The van der Waals surface area contributed by atoms with Gasteiger partial charge in [-0.2, -0.15) is 5.10 Å². The van der Waals surface area contributed by atoms with Crippen molar-refractivity contribution < 1.29 is 9.47 Å². The van der Waals surface area contributed by atoms with Gasteiger partial charge in [0.2, 0.25) is 0 Å². The monoisotopic (exact) mass is 305 g/mol. The summed E-state index contributed by atoms with van der Waals surface area (Å²) < 4.78 is 12.6. The van der Waals surface area contributed by atoms with Crippen LogP contribution in [0.4, 0.5) is 0 Å². The minimum absolute atomic E-state index is 0.685. The van der Waals surface area contributed by atoms with Gasteiger partial charge in [-0.25, -0.2) is 9.50 Å². The molecule has 0 aliphatic heterocycles. The fraction of sp³-hybridized carbons (Fsp3) is 0.111. The molecule has 0 saturated heterocycles. The molecule has 23 heavy (non-hydrogen) atoms. The summed E-state index contributed by atoms with van der Waals surface area (Å²) in [5.41, 5.74) is 3.71. The van der Waals surface area contributed by atoms with Crippen LogP contribution in [-0.4, -0.2) is 28.8 Å². The first-order valence-electron chi connectivity index (χ1n) is 7.26. The minimum atomic E-state index is 0.685. The molecule has 4 rings (SSSR count). The van der Waals surface area contributed by atoms with E-state index in [0.29, 0.717) is 11.5 Å². The van der Waals surface area contributed by atoms with E-state index in [2.05, 4.69) is 11.2 Å². The molecule has 0 aliphatic carbocycles. The highest BCUT2D eigenvalue weighted by Gasteiger charge is 2.13. The van der Waals surface area contributed by atoms with Crippen LogP contribution in [0.3, 0.4) is 0 Å². The van der Waals surface area contributed by atoms with Crippen LogP contribution in [-0.2, 0) is 0 Å². The Morgan fingerprint density at radius 2 is 1.74 bits per heavy atom. The maximum atomic E-state index is 5.41. The van der Waals surface area contributed by atoms with Gasteiger partial charge in [-0.1, -0.05) is 18.2 Å². The lowest BCUT2D eigenvalue weighted by atomic mass is 10.1. The molecule has 0 saturated carbocycles. The Bertz CT molecular complexity index is 1010. The van der Waals surface area contributed by atoms with Gasteiger partial charge in [0.1, 0.15) is 0 Å². The van der Waals surface area contributed by atoms with E-state index in [4.69, 9.17) is 14.5 Å². The first kappa shape index (κ1) is 13.6. The maximum absolute atomic E-state index is 5.41. The van der Waals surface area contributed by atoms with Gasteiger partial charge in [-0.3, -0.25) is 0 Å². The number of nitrogens with zero attached hydrogens (tertiary/aromatic N) is 3. The second kappa shape index (κ2) is 5.28. The minimum Gasteiger partial charge on any atom is -0.493 e. The fourth-order valence-electron chi connectivity index (χ4n) is 2.80. The Hall–Kier alpha value is -3.08. The van der Waals surface area contributed by atoms with E-state index in [-0.39, 0.29) is 0 Å². The number of hydrogen-bond acceptors (Lipinski definition) is 4. The summed E-state index contributed by atoms with van der Waals surface area (Å²) in [6, 6.07) is 15.8. The van der Waals surface area contributed by atoms with Crippen molar-refractivity contribution in [2.75, 3.05) is 14.2 Å². The fourth-order valence-corrected chi connectivity index (χ4v) is 2.80. The van der Waals surface area contributed by atoms with Crippen molar-refractivity contribution in [3.05, 3.63) is 54.7 Å². The lowest BCUT2D eigenvalue weighted by Gasteiger charge is -2.11. The van der Waals surface area contributed by atoms with Crippen molar-refractivity contribution >= 4 is 16.6 Å². The molecule has 2 aromatic carbocycles. The molecule has 0 spiro atoms. The van der Waals surface area contributed by atoms with Gasteiger partial charge in [-0.15, -0.1) is 0 Å². The Balaban J connectivity index is 2.04. The van der Waals surface area contributed by atoms with Crippen molar-refractivity contribution in [2.24, 2.45) is 0 Å². The predicted molar refractivity (Wildman–Crippen MR) is 89.0 cm³/mol. The zero-order chi connectivity index (χ0) is 15.8. The average Bonchev–Trinajstić information content (AvgIpc) is 3.09. The molecule has 5 nitrogen and oxygen atoms in total. The van der Waals surface area contributed by atoms with E-state index in [0.717, 1.165) is 27.8 Å². The molecule has 2 aromatic heterocycles. The molecule has 0 amide bonds. The zero-order valence-electron chi connectivity index (χ0n) is 12.9. The number of hydrogen-bond donors (Lipinski definition) is 0. The summed E-state index contributed by atoms with van der Waals surface area (Å²) in [6.07, 6.45) is 1.76. The van der Waals surface area contributed by atoms with E-state index in [1.165, 1.54) is 0 Å². The van der Waals surface area contributed by atoms with Crippen LogP contribution in [0.25, 0.3) is 27.8 Å². The molecule has 0 fully saturated rings. The van der Waals surface area contributed by atoms with Gasteiger partial charge in [0.15, 0.2) is 17.1 Å². The van der Waals surface area contributed by atoms with Crippen LogP contribution in [0.1, 0.15) is 0 Å². The van der Waals surface area contributed by atoms with Crippen molar-refractivity contribution in [3.8, 4) is 22.8 Å². The molecular formula is C18H15N3O2. The van der Waals surface area contributed by atoms with Gasteiger partial charge in [-0.05, 0) is 24.3 Å². The molecule has 0 atom stereocenters. The van der Waals surface area contributed by atoms with Crippen molar-refractivity contribution in [2.45, 2.75) is 0 Å². The Morgan fingerprint density at radius 1 is 0.913 bits per heavy atom. The number of rotatable bonds is 3. The third-order valence-corrected chi connectivity index (χ3v) is 3.89. The largest absolute Gasteiger partial charge is 0.493 e. The molecule has 0 aliphatic rings. The van der Waals surface area contributed by atoms with Crippen LogP contribution in [0.2, 0.25) is 0 Å². The third kappa shape index (κ3) is 2.09. The molecule has 5 heteroatoms. The molecule has 2 heterocycles. The number of methoxy groups -OCH3 is 2. The first-order valence-corrected chi connectivity index (χ1v) is 7.26. The zero-order valence-corrected chi connectivity index (χ0v) is 12.9. The van der Waals surface area contributed by atoms with Gasteiger partial charge < -0.3 is 9.47 Å². The highest BCUT2D eigenvalue weighted by atomic mass is 16.5. The molecular weight excluding hydrogens is 290 g/mol. The Morgan fingerprint density at radius 3 is 2.57 bits per heavy atom. The normalized spacial score (nSPS) is 11.0. The number of ether oxygens (including phenoxy) is 2. The molecule has 114 valence electrons. The molecule has 0 unspecified atom stereocenters. The number of fused-ring (bicyclic) bond motifs is 3. The van der Waals surface area contributed by atoms with Gasteiger partial charge in [0.05, 0.1) is 31.6 Å². The van der Waals surface area contributed by atoms with E-state index in [1.54, 1.807) is 20.4 Å². The maximum Gasteiger partial charge on any atom is 0.161 e. The van der Waals surface area contributed by atoms with Crippen molar-refractivity contribution in [1.29, 1.82) is 0 Å². The van der Waals surface area contributed by atoms with E-state index >= 15 is 0 Å². The topological polar surface area (TPSA) is 48.7 Å². The van der Waals surface area contributed by atoms with Crippen LogP contribution < -0.4 is 9.47 Å². The summed E-state index contributed by atoms with van der Waals surface area (Å²) in [7, 11) is 3.26. The highest BCUT2D eigenvalue weighted by molar-refractivity contribution is 5.94. The summed E-state index contributed by atoms with van der Waals surface area (Å²) in [5.74, 6) is 1.38. The summed E-state index contributed by atoms with van der Waals surface area (Å²) in [4.78, 5) is 4.77. The predicted octanol–water partition coefficient (Wildman–Crippen LogP) is 3.57. The molecule has 4 aromatic rings. The Labute approximate surface area is 133 Å². The second-order valence-electron chi connectivity index (χ2n) is 5.15. The highest BCUT2D eigenvalue weighted by Crippen LogP contribution is 2.34. The number of aromatic nitrogens is 3. The lowest BCUT2D eigenvalue weighted by molar-refractivity contribution is 0.355. The summed E-state index contributed by atoms with van der Waals surface area (Å²) >= 11 is 0. The SMILES string of the molecule is COc1ccc(-c2nc3ccnn3c3ccccc23)cc1OC. The summed E-state index contributed by atoms with van der Waals surface area (Å²) in [6.45, 7) is 0. The van der Waals surface area contributed by atoms with E-state index in [9.17, 15) is 0 Å². The first-order chi connectivity index (χ1) is 11.3. The summed E-state index contributed by atoms with van der Waals surface area (Å²) in [5, 5.41) is 5.39. The van der Waals surface area contributed by atoms with E-state index in [1.807, 2.05) is 47.0 Å². The average molecular weight is 305 g/mol. The number of para-hydroxylation sites is 1. The van der Waals surface area contributed by atoms with Crippen LogP contribution in [0.15, 0.2) is 54.7 Å². The number of benzene rings is 2. The van der Waals surface area contributed by atoms with Gasteiger partial charge >= 0.3 is 0 Å². The van der Waals surface area contributed by atoms with Crippen LogP contribution in [0, 0.1) is 0 Å². The molecule has 0 radical (unpaired) electrons. The lowest BCUT2D eigenvalue weighted by Crippen LogP contribution is -1.97. The standard InChI is InChI=1S/C18H15N3O2/c1-22-15-8-7-12(11-16(15)23-2)18-13-5-3-4-6-14(13)21-17(20-18)9-10-19-21/h3-11H,1-2H3.